The van der Waals surface area contributed by atoms with Crippen molar-refractivity contribution in [3.8, 4) is 0 Å². The first-order chi connectivity index (χ1) is 9.61. The van der Waals surface area contributed by atoms with E-state index >= 15 is 0 Å². The number of rotatable bonds is 4. The van der Waals surface area contributed by atoms with Gasteiger partial charge in [-0.1, -0.05) is 22.0 Å². The normalized spacial score (nSPS) is 10.1. The molecule has 0 atom stereocenters. The zero-order chi connectivity index (χ0) is 14.5. The van der Waals surface area contributed by atoms with Crippen LogP contribution in [0.25, 0.3) is 0 Å². The average Bonchev–Trinajstić information content (AvgIpc) is 2.49. The van der Waals surface area contributed by atoms with Crippen molar-refractivity contribution in [2.45, 2.75) is 0 Å². The van der Waals surface area contributed by atoms with Crippen molar-refractivity contribution in [2.24, 2.45) is 5.73 Å². The number of nitrogens with one attached hydrogen (secondary N) is 1. The summed E-state index contributed by atoms with van der Waals surface area (Å²) in [5, 5.41) is 2.60. The number of amides is 1. The Morgan fingerprint density at radius 3 is 2.70 bits per heavy atom. The molecule has 2 aromatic rings. The standard InChI is InChI=1S/C14H12BrN3O2/c15-9-4-5-11(18-13(19)8-16)10(7-9)14(20)12-3-1-2-6-17-12/h1-7H,8,16H2,(H,18,19). The molecule has 0 radical (unpaired) electrons. The van der Waals surface area contributed by atoms with Crippen LogP contribution < -0.4 is 11.1 Å². The summed E-state index contributed by atoms with van der Waals surface area (Å²) in [4.78, 5) is 27.8. The quantitative estimate of drug-likeness (QED) is 0.837. The number of anilines is 1. The molecule has 102 valence electrons. The lowest BCUT2D eigenvalue weighted by Crippen LogP contribution is -2.23. The topological polar surface area (TPSA) is 85.1 Å². The van der Waals surface area contributed by atoms with Crippen LogP contribution in [-0.2, 0) is 4.79 Å². The van der Waals surface area contributed by atoms with Crippen LogP contribution in [0.5, 0.6) is 0 Å². The second-order valence-corrected chi connectivity index (χ2v) is 4.90. The van der Waals surface area contributed by atoms with Crippen molar-refractivity contribution in [3.05, 3.63) is 58.3 Å². The lowest BCUT2D eigenvalue weighted by atomic mass is 10.1. The number of hydrogen-bond acceptors (Lipinski definition) is 4. The van der Waals surface area contributed by atoms with Crippen molar-refractivity contribution in [1.29, 1.82) is 0 Å². The first-order valence-electron chi connectivity index (χ1n) is 5.87. The molecule has 6 heteroatoms. The van der Waals surface area contributed by atoms with Gasteiger partial charge in [-0.25, -0.2) is 0 Å². The first kappa shape index (κ1) is 14.4. The number of carbonyl (C=O) groups is 2. The molecule has 0 spiro atoms. The SMILES string of the molecule is NCC(=O)Nc1ccc(Br)cc1C(=O)c1ccccn1. The van der Waals surface area contributed by atoms with E-state index in [1.807, 2.05) is 0 Å². The summed E-state index contributed by atoms with van der Waals surface area (Å²) in [7, 11) is 0. The van der Waals surface area contributed by atoms with Crippen LogP contribution in [0.1, 0.15) is 16.1 Å². The van der Waals surface area contributed by atoms with Gasteiger partial charge in [0.1, 0.15) is 5.69 Å². The van der Waals surface area contributed by atoms with Gasteiger partial charge in [-0.05, 0) is 30.3 Å². The molecular weight excluding hydrogens is 322 g/mol. The number of ketones is 1. The highest BCUT2D eigenvalue weighted by molar-refractivity contribution is 9.10. The van der Waals surface area contributed by atoms with E-state index in [1.54, 1.807) is 42.6 Å². The number of benzene rings is 1. The maximum absolute atomic E-state index is 12.4. The number of nitrogens with two attached hydrogens (primary N) is 1. The molecule has 2 rings (SSSR count). The van der Waals surface area contributed by atoms with Gasteiger partial charge in [0, 0.05) is 16.2 Å². The van der Waals surface area contributed by atoms with Gasteiger partial charge in [-0.2, -0.15) is 0 Å². The van der Waals surface area contributed by atoms with Crippen LogP contribution in [-0.4, -0.2) is 23.2 Å². The Bertz CT molecular complexity index is 644. The predicted octanol–water partition coefficient (Wildman–Crippen LogP) is 1.97. The summed E-state index contributed by atoms with van der Waals surface area (Å²) in [6.07, 6.45) is 1.54. The molecule has 0 saturated heterocycles. The van der Waals surface area contributed by atoms with Crippen LogP contribution in [0, 0.1) is 0 Å². The van der Waals surface area contributed by atoms with Gasteiger partial charge in [0.05, 0.1) is 12.2 Å². The number of nitrogens with zero attached hydrogens (tertiary/aromatic N) is 1. The van der Waals surface area contributed by atoms with Crippen LogP contribution >= 0.6 is 15.9 Å². The van der Waals surface area contributed by atoms with Crippen LogP contribution in [0.3, 0.4) is 0 Å². The minimum absolute atomic E-state index is 0.146. The van der Waals surface area contributed by atoms with Crippen molar-refractivity contribution >= 4 is 33.3 Å². The lowest BCUT2D eigenvalue weighted by molar-refractivity contribution is -0.114. The van der Waals surface area contributed by atoms with Crippen LogP contribution in [0.15, 0.2) is 47.1 Å². The largest absolute Gasteiger partial charge is 0.324 e. The summed E-state index contributed by atoms with van der Waals surface area (Å²) >= 11 is 3.31. The van der Waals surface area contributed by atoms with E-state index < -0.39 is 0 Å². The average molecular weight is 334 g/mol. The Morgan fingerprint density at radius 2 is 2.05 bits per heavy atom. The van der Waals surface area contributed by atoms with Crippen molar-refractivity contribution in [3.63, 3.8) is 0 Å². The molecule has 0 unspecified atom stereocenters. The number of carbonyl (C=O) groups excluding carboxylic acids is 2. The highest BCUT2D eigenvalue weighted by atomic mass is 79.9. The molecule has 1 heterocycles. The Labute approximate surface area is 124 Å². The first-order valence-corrected chi connectivity index (χ1v) is 6.66. The molecule has 0 aliphatic carbocycles. The zero-order valence-corrected chi connectivity index (χ0v) is 12.1. The highest BCUT2D eigenvalue weighted by Gasteiger charge is 2.16. The van der Waals surface area contributed by atoms with E-state index in [2.05, 4.69) is 26.2 Å². The summed E-state index contributed by atoms with van der Waals surface area (Å²) in [6.45, 7) is -0.146. The Hall–Kier alpha value is -2.05. The van der Waals surface area contributed by atoms with Crippen LogP contribution in [0.2, 0.25) is 0 Å². The van der Waals surface area contributed by atoms with E-state index in [9.17, 15) is 9.59 Å². The maximum Gasteiger partial charge on any atom is 0.238 e. The second-order valence-electron chi connectivity index (χ2n) is 3.99. The molecule has 3 N–H and O–H groups in total. The van der Waals surface area contributed by atoms with Gasteiger partial charge < -0.3 is 11.1 Å². The van der Waals surface area contributed by atoms with E-state index in [0.29, 0.717) is 16.9 Å². The lowest BCUT2D eigenvalue weighted by Gasteiger charge is -2.10. The van der Waals surface area contributed by atoms with Gasteiger partial charge >= 0.3 is 0 Å². The summed E-state index contributed by atoms with van der Waals surface area (Å²) in [5.74, 6) is -0.624. The third kappa shape index (κ3) is 3.28. The minimum atomic E-state index is -0.359. The van der Waals surface area contributed by atoms with Gasteiger partial charge in [-0.3, -0.25) is 14.6 Å². The summed E-state index contributed by atoms with van der Waals surface area (Å²) in [5.41, 5.74) is 6.36. The third-order valence-corrected chi connectivity index (χ3v) is 3.08. The Morgan fingerprint density at radius 1 is 1.25 bits per heavy atom. The molecule has 20 heavy (non-hydrogen) atoms. The molecule has 1 amide bonds. The van der Waals surface area contributed by atoms with E-state index in [4.69, 9.17) is 5.73 Å². The molecule has 0 bridgehead atoms. The smallest absolute Gasteiger partial charge is 0.238 e. The van der Waals surface area contributed by atoms with Gasteiger partial charge in [0.2, 0.25) is 11.7 Å². The van der Waals surface area contributed by atoms with Crippen molar-refractivity contribution in [2.75, 3.05) is 11.9 Å². The Kier molecular flexibility index (Phi) is 4.60. The number of aromatic nitrogens is 1. The molecule has 0 aliphatic heterocycles. The second kappa shape index (κ2) is 6.40. The van der Waals surface area contributed by atoms with Crippen LogP contribution in [0.4, 0.5) is 5.69 Å². The molecule has 1 aromatic carbocycles. The van der Waals surface area contributed by atoms with Gasteiger partial charge in [-0.15, -0.1) is 0 Å². The van der Waals surface area contributed by atoms with E-state index in [-0.39, 0.29) is 18.2 Å². The number of halogens is 1. The Balaban J connectivity index is 2.41. The number of hydrogen-bond donors (Lipinski definition) is 2. The monoisotopic (exact) mass is 333 g/mol. The maximum atomic E-state index is 12.4. The minimum Gasteiger partial charge on any atom is -0.324 e. The fourth-order valence-electron chi connectivity index (χ4n) is 1.65. The molecule has 5 nitrogen and oxygen atoms in total. The fourth-order valence-corrected chi connectivity index (χ4v) is 2.01. The molecule has 0 saturated carbocycles. The molecule has 0 fully saturated rings. The van der Waals surface area contributed by atoms with Crippen molar-refractivity contribution in [1.82, 2.24) is 4.98 Å². The zero-order valence-electron chi connectivity index (χ0n) is 10.5. The van der Waals surface area contributed by atoms with E-state index in [1.165, 1.54) is 0 Å². The third-order valence-electron chi connectivity index (χ3n) is 2.58. The van der Waals surface area contributed by atoms with Crippen molar-refractivity contribution < 1.29 is 9.59 Å². The molecule has 0 aliphatic rings. The summed E-state index contributed by atoms with van der Waals surface area (Å²) in [6, 6.07) is 10.1. The van der Waals surface area contributed by atoms with Gasteiger partial charge in [0.15, 0.2) is 0 Å². The van der Waals surface area contributed by atoms with Gasteiger partial charge in [0.25, 0.3) is 0 Å². The molecular formula is C14H12BrN3O2. The fraction of sp³-hybridized carbons (Fsp3) is 0.0714. The summed E-state index contributed by atoms with van der Waals surface area (Å²) < 4.78 is 0.738. The molecule has 1 aromatic heterocycles. The highest BCUT2D eigenvalue weighted by Crippen LogP contribution is 2.23. The van der Waals surface area contributed by atoms with E-state index in [0.717, 1.165) is 4.47 Å². The predicted molar refractivity (Wildman–Crippen MR) is 79.5 cm³/mol. The number of pyridine rings is 1.